The standard InChI is InChI=1S/C18H25FN2O2/c1-4-18(2,3)20-16(22)13-9-11-21(12-10-13)17(23)14-7-5-6-8-15(14)19/h5-8,13H,4,9-12H2,1-3H3,(H,20,22). The molecule has 1 aliphatic heterocycles. The van der Waals surface area contributed by atoms with Gasteiger partial charge in [-0.1, -0.05) is 19.1 Å². The molecule has 1 aromatic carbocycles. The third-order valence-corrected chi connectivity index (χ3v) is 4.60. The van der Waals surface area contributed by atoms with Crippen molar-refractivity contribution in [2.24, 2.45) is 5.92 Å². The highest BCUT2D eigenvalue weighted by atomic mass is 19.1. The highest BCUT2D eigenvalue weighted by Gasteiger charge is 2.30. The van der Waals surface area contributed by atoms with E-state index >= 15 is 0 Å². The average molecular weight is 320 g/mol. The Kier molecular flexibility index (Phi) is 5.39. The Hall–Kier alpha value is -1.91. The molecular formula is C18H25FN2O2. The summed E-state index contributed by atoms with van der Waals surface area (Å²) in [6.45, 7) is 7.01. The number of amides is 2. The molecule has 0 atom stereocenters. The number of nitrogens with zero attached hydrogens (tertiary/aromatic N) is 1. The molecule has 23 heavy (non-hydrogen) atoms. The van der Waals surface area contributed by atoms with E-state index in [1.54, 1.807) is 17.0 Å². The highest BCUT2D eigenvalue weighted by Crippen LogP contribution is 2.21. The third kappa shape index (κ3) is 4.30. The molecule has 1 saturated heterocycles. The van der Waals surface area contributed by atoms with Crippen LogP contribution in [0.5, 0.6) is 0 Å². The van der Waals surface area contributed by atoms with Gasteiger partial charge in [0, 0.05) is 24.5 Å². The maximum absolute atomic E-state index is 13.7. The lowest BCUT2D eigenvalue weighted by Gasteiger charge is -2.33. The summed E-state index contributed by atoms with van der Waals surface area (Å²) in [6, 6.07) is 6.02. The molecule has 0 unspecified atom stereocenters. The van der Waals surface area contributed by atoms with E-state index in [-0.39, 0.29) is 28.8 Å². The van der Waals surface area contributed by atoms with E-state index in [0.717, 1.165) is 6.42 Å². The average Bonchev–Trinajstić information content (AvgIpc) is 2.54. The Morgan fingerprint density at radius 2 is 1.87 bits per heavy atom. The maximum Gasteiger partial charge on any atom is 0.256 e. The number of carbonyl (C=O) groups is 2. The van der Waals surface area contributed by atoms with Crippen LogP contribution in [0.15, 0.2) is 24.3 Å². The first-order valence-electron chi connectivity index (χ1n) is 8.20. The van der Waals surface area contributed by atoms with Crippen LogP contribution in [0.4, 0.5) is 4.39 Å². The lowest BCUT2D eigenvalue weighted by Crippen LogP contribution is -2.49. The summed E-state index contributed by atoms with van der Waals surface area (Å²) in [5, 5.41) is 3.06. The van der Waals surface area contributed by atoms with Crippen LogP contribution in [0, 0.1) is 11.7 Å². The minimum atomic E-state index is -0.498. The fraction of sp³-hybridized carbons (Fsp3) is 0.556. The number of nitrogens with one attached hydrogen (secondary N) is 1. The van der Waals surface area contributed by atoms with Crippen molar-refractivity contribution in [1.82, 2.24) is 10.2 Å². The lowest BCUT2D eigenvalue weighted by molar-refractivity contribution is -0.128. The second-order valence-electron chi connectivity index (χ2n) is 6.77. The van der Waals surface area contributed by atoms with Crippen LogP contribution in [0.2, 0.25) is 0 Å². The quantitative estimate of drug-likeness (QED) is 0.927. The van der Waals surface area contributed by atoms with Gasteiger partial charge in [0.25, 0.3) is 5.91 Å². The molecule has 1 fully saturated rings. The smallest absolute Gasteiger partial charge is 0.256 e. The van der Waals surface area contributed by atoms with Gasteiger partial charge in [-0.05, 0) is 45.2 Å². The zero-order valence-corrected chi connectivity index (χ0v) is 14.1. The predicted molar refractivity (Wildman–Crippen MR) is 87.5 cm³/mol. The van der Waals surface area contributed by atoms with E-state index < -0.39 is 5.82 Å². The number of likely N-dealkylation sites (tertiary alicyclic amines) is 1. The summed E-state index contributed by atoms with van der Waals surface area (Å²) in [7, 11) is 0. The molecule has 4 nitrogen and oxygen atoms in total. The molecule has 1 heterocycles. The third-order valence-electron chi connectivity index (χ3n) is 4.60. The number of piperidine rings is 1. The Morgan fingerprint density at radius 1 is 1.26 bits per heavy atom. The topological polar surface area (TPSA) is 49.4 Å². The van der Waals surface area contributed by atoms with Crippen LogP contribution in [0.3, 0.4) is 0 Å². The predicted octanol–water partition coefficient (Wildman–Crippen LogP) is 2.98. The Bertz CT molecular complexity index is 578. The highest BCUT2D eigenvalue weighted by molar-refractivity contribution is 5.94. The van der Waals surface area contributed by atoms with E-state index in [4.69, 9.17) is 0 Å². The van der Waals surface area contributed by atoms with E-state index in [9.17, 15) is 14.0 Å². The molecular weight excluding hydrogens is 295 g/mol. The van der Waals surface area contributed by atoms with Gasteiger partial charge in [0.15, 0.2) is 0 Å². The first kappa shape index (κ1) is 17.4. The van der Waals surface area contributed by atoms with Gasteiger partial charge in [-0.15, -0.1) is 0 Å². The Labute approximate surface area is 137 Å². The first-order valence-corrected chi connectivity index (χ1v) is 8.20. The summed E-state index contributed by atoms with van der Waals surface area (Å²) in [5.41, 5.74) is -0.112. The molecule has 0 radical (unpaired) electrons. The van der Waals surface area contributed by atoms with Crippen LogP contribution in [-0.2, 0) is 4.79 Å². The van der Waals surface area contributed by atoms with E-state index in [1.165, 1.54) is 12.1 Å². The number of hydrogen-bond donors (Lipinski definition) is 1. The van der Waals surface area contributed by atoms with Gasteiger partial charge in [0.2, 0.25) is 5.91 Å². The summed E-state index contributed by atoms with van der Waals surface area (Å²) in [6.07, 6.45) is 2.10. The first-order chi connectivity index (χ1) is 10.8. The van der Waals surface area contributed by atoms with E-state index in [2.05, 4.69) is 5.32 Å². The van der Waals surface area contributed by atoms with Gasteiger partial charge in [0.1, 0.15) is 5.82 Å². The van der Waals surface area contributed by atoms with Crippen LogP contribution in [-0.4, -0.2) is 35.3 Å². The molecule has 0 bridgehead atoms. The summed E-state index contributed by atoms with van der Waals surface area (Å²) >= 11 is 0. The molecule has 1 aliphatic rings. The fourth-order valence-electron chi connectivity index (χ4n) is 2.67. The van der Waals surface area contributed by atoms with E-state index in [1.807, 2.05) is 20.8 Å². The van der Waals surface area contributed by atoms with Crippen LogP contribution < -0.4 is 5.32 Å². The number of hydrogen-bond acceptors (Lipinski definition) is 2. The van der Waals surface area contributed by atoms with Gasteiger partial charge in [-0.2, -0.15) is 0 Å². The van der Waals surface area contributed by atoms with Gasteiger partial charge in [-0.3, -0.25) is 9.59 Å². The Morgan fingerprint density at radius 3 is 2.43 bits per heavy atom. The summed E-state index contributed by atoms with van der Waals surface area (Å²) in [5.74, 6) is -0.821. The molecule has 1 aromatic rings. The molecule has 5 heteroatoms. The van der Waals surface area contributed by atoms with Crippen molar-refractivity contribution in [1.29, 1.82) is 0 Å². The molecule has 2 rings (SSSR count). The number of carbonyl (C=O) groups excluding carboxylic acids is 2. The van der Waals surface area contributed by atoms with Crippen molar-refractivity contribution in [3.8, 4) is 0 Å². The van der Waals surface area contributed by atoms with Crippen molar-refractivity contribution in [2.45, 2.75) is 45.6 Å². The van der Waals surface area contributed by atoms with Gasteiger partial charge in [0.05, 0.1) is 5.56 Å². The number of halogens is 1. The van der Waals surface area contributed by atoms with Crippen LogP contribution in [0.25, 0.3) is 0 Å². The maximum atomic E-state index is 13.7. The van der Waals surface area contributed by atoms with Crippen molar-refractivity contribution in [3.63, 3.8) is 0 Å². The van der Waals surface area contributed by atoms with Crippen molar-refractivity contribution < 1.29 is 14.0 Å². The number of benzene rings is 1. The molecule has 0 aromatic heterocycles. The zero-order chi connectivity index (χ0) is 17.0. The van der Waals surface area contributed by atoms with Crippen LogP contribution >= 0.6 is 0 Å². The second-order valence-corrected chi connectivity index (χ2v) is 6.77. The van der Waals surface area contributed by atoms with Gasteiger partial charge in [-0.25, -0.2) is 4.39 Å². The zero-order valence-electron chi connectivity index (χ0n) is 14.1. The molecule has 1 N–H and O–H groups in total. The van der Waals surface area contributed by atoms with Crippen molar-refractivity contribution in [2.75, 3.05) is 13.1 Å². The lowest BCUT2D eigenvalue weighted by atomic mass is 9.93. The minimum absolute atomic E-state index is 0.0508. The van der Waals surface area contributed by atoms with Crippen LogP contribution in [0.1, 0.15) is 50.4 Å². The molecule has 126 valence electrons. The van der Waals surface area contributed by atoms with Gasteiger partial charge < -0.3 is 10.2 Å². The van der Waals surface area contributed by atoms with Gasteiger partial charge >= 0.3 is 0 Å². The van der Waals surface area contributed by atoms with E-state index in [0.29, 0.717) is 25.9 Å². The molecule has 2 amide bonds. The fourth-order valence-corrected chi connectivity index (χ4v) is 2.67. The van der Waals surface area contributed by atoms with Crippen molar-refractivity contribution in [3.05, 3.63) is 35.6 Å². The SMILES string of the molecule is CCC(C)(C)NC(=O)C1CCN(C(=O)c2ccccc2F)CC1. The largest absolute Gasteiger partial charge is 0.351 e. The summed E-state index contributed by atoms with van der Waals surface area (Å²) < 4.78 is 13.7. The minimum Gasteiger partial charge on any atom is -0.351 e. The Balaban J connectivity index is 1.92. The summed E-state index contributed by atoms with van der Waals surface area (Å²) in [4.78, 5) is 26.3. The molecule has 0 saturated carbocycles. The monoisotopic (exact) mass is 320 g/mol. The number of rotatable bonds is 4. The molecule has 0 aliphatic carbocycles. The normalized spacial score (nSPS) is 16.3. The van der Waals surface area contributed by atoms with Crippen molar-refractivity contribution >= 4 is 11.8 Å². The molecule has 0 spiro atoms. The second kappa shape index (κ2) is 7.11.